The molecule has 0 heterocycles. The Morgan fingerprint density at radius 2 is 1.94 bits per heavy atom. The first-order chi connectivity index (χ1) is 7.88. The number of aliphatic imine (C=N–C) groups is 1. The van der Waals surface area contributed by atoms with Crippen LogP contribution >= 0.6 is 0 Å². The van der Waals surface area contributed by atoms with Gasteiger partial charge in [-0.1, -0.05) is 24.3 Å². The van der Waals surface area contributed by atoms with Crippen molar-refractivity contribution in [2.75, 3.05) is 13.2 Å². The average molecular weight is 232 g/mol. The van der Waals surface area contributed by atoms with Crippen LogP contribution in [0.5, 0.6) is 0 Å². The zero-order valence-corrected chi connectivity index (χ0v) is 10.1. The molecule has 4 heteroatoms. The van der Waals surface area contributed by atoms with Gasteiger partial charge in [0.05, 0.1) is 6.54 Å². The summed E-state index contributed by atoms with van der Waals surface area (Å²) >= 11 is 0. The molecule has 0 aliphatic rings. The lowest BCUT2D eigenvalue weighted by Gasteiger charge is -2.08. The van der Waals surface area contributed by atoms with E-state index in [0.717, 1.165) is 19.3 Å². The molecule has 0 aromatic heterocycles. The van der Waals surface area contributed by atoms with Gasteiger partial charge in [-0.2, -0.15) is 0 Å². The fourth-order valence-electron chi connectivity index (χ4n) is 1.60. The minimum absolute atomic E-state index is 0.548. The smallest absolute Gasteiger partial charge is 0.246 e. The van der Waals surface area contributed by atoms with E-state index >= 15 is 0 Å². The van der Waals surface area contributed by atoms with Crippen LogP contribution in [0.2, 0.25) is 0 Å². The van der Waals surface area contributed by atoms with E-state index in [1.165, 1.54) is 11.1 Å². The number of benzene rings is 1. The van der Waals surface area contributed by atoms with E-state index in [1.54, 1.807) is 6.08 Å². The Kier molecular flexibility index (Phi) is 6.41. The summed E-state index contributed by atoms with van der Waals surface area (Å²) in [5, 5.41) is 0. The van der Waals surface area contributed by atoms with E-state index in [-0.39, 0.29) is 0 Å². The number of hydrogen-bond donors (Lipinski definition) is 0. The van der Waals surface area contributed by atoms with Crippen LogP contribution in [0.1, 0.15) is 17.5 Å². The summed E-state index contributed by atoms with van der Waals surface area (Å²) in [6, 6.07) is 8.25. The van der Waals surface area contributed by atoms with Gasteiger partial charge in [-0.15, -0.1) is 0 Å². The lowest BCUT2D eigenvalue weighted by Crippen LogP contribution is -2.00. The topological polar surface area (TPSA) is 38.7 Å². The van der Waals surface area contributed by atoms with Gasteiger partial charge in [0.15, 0.2) is 0 Å². The minimum Gasteiger partial charge on any atom is -0.418 e. The summed E-state index contributed by atoms with van der Waals surface area (Å²) in [5.41, 5.74) is 2.59. The van der Waals surface area contributed by atoms with Crippen molar-refractivity contribution in [3.8, 4) is 0 Å². The van der Waals surface area contributed by atoms with E-state index in [4.69, 9.17) is 4.43 Å². The number of rotatable bonds is 7. The van der Waals surface area contributed by atoms with Gasteiger partial charge in [0.25, 0.3) is 0 Å². The quantitative estimate of drug-likeness (QED) is 0.310. The predicted octanol–water partition coefficient (Wildman–Crippen LogP) is 1.60. The third-order valence-corrected chi connectivity index (χ3v) is 2.58. The molecular weight excluding hydrogens is 218 g/mol. The molecular formula is C12H14NO2Si. The molecule has 0 aliphatic heterocycles. The van der Waals surface area contributed by atoms with Crippen molar-refractivity contribution in [3.63, 3.8) is 0 Å². The Labute approximate surface area is 99.1 Å². The van der Waals surface area contributed by atoms with E-state index < -0.39 is 0 Å². The summed E-state index contributed by atoms with van der Waals surface area (Å²) in [6.07, 6.45) is 4.25. The number of hydrogen-bond acceptors (Lipinski definition) is 3. The van der Waals surface area contributed by atoms with Gasteiger partial charge in [-0.05, 0) is 30.4 Å². The number of isocyanates is 1. The molecule has 1 aromatic carbocycles. The minimum atomic E-state index is 0.548. The average Bonchev–Trinajstić information content (AvgIpc) is 2.33. The Balaban J connectivity index is 2.52. The fraction of sp³-hybridized carbons (Fsp3) is 0.417. The molecule has 3 nitrogen and oxygen atoms in total. The normalized spacial score (nSPS) is 9.81. The van der Waals surface area contributed by atoms with Gasteiger partial charge in [-0.25, -0.2) is 9.79 Å². The molecule has 0 spiro atoms. The van der Waals surface area contributed by atoms with E-state index in [2.05, 4.69) is 27.6 Å². The van der Waals surface area contributed by atoms with Gasteiger partial charge in [0, 0.05) is 6.61 Å². The third-order valence-electron chi connectivity index (χ3n) is 2.37. The maximum Gasteiger partial charge on any atom is 0.246 e. The molecule has 0 saturated heterocycles. The van der Waals surface area contributed by atoms with Crippen LogP contribution in [0.3, 0.4) is 0 Å². The number of nitrogens with zero attached hydrogens (tertiary/aromatic N) is 1. The molecule has 0 aliphatic carbocycles. The van der Waals surface area contributed by atoms with Crippen molar-refractivity contribution in [2.24, 2.45) is 4.99 Å². The Morgan fingerprint density at radius 3 is 2.56 bits per heavy atom. The van der Waals surface area contributed by atoms with Crippen molar-refractivity contribution in [2.45, 2.75) is 19.3 Å². The van der Waals surface area contributed by atoms with Gasteiger partial charge >= 0.3 is 0 Å². The molecule has 0 N–H and O–H groups in total. The van der Waals surface area contributed by atoms with Crippen LogP contribution in [-0.4, -0.2) is 29.7 Å². The summed E-state index contributed by atoms with van der Waals surface area (Å²) in [7, 11) is 2.99. The number of aryl methyl sites for hydroxylation is 1. The second kappa shape index (κ2) is 7.99. The van der Waals surface area contributed by atoms with E-state index in [1.807, 2.05) is 12.1 Å². The monoisotopic (exact) mass is 232 g/mol. The van der Waals surface area contributed by atoms with Crippen LogP contribution in [-0.2, 0) is 22.1 Å². The summed E-state index contributed by atoms with van der Waals surface area (Å²) in [5.74, 6) is 0. The molecule has 16 heavy (non-hydrogen) atoms. The molecule has 0 fully saturated rings. The zero-order chi connectivity index (χ0) is 11.6. The van der Waals surface area contributed by atoms with Crippen LogP contribution in [0.25, 0.3) is 0 Å². The SMILES string of the molecule is O=C=NCCCc1ccccc1CCO[Si]. The van der Waals surface area contributed by atoms with Gasteiger partial charge in [0.2, 0.25) is 16.6 Å². The van der Waals surface area contributed by atoms with Gasteiger partial charge < -0.3 is 4.43 Å². The molecule has 0 amide bonds. The fourth-order valence-corrected chi connectivity index (χ4v) is 1.70. The second-order valence-corrected chi connectivity index (χ2v) is 3.73. The molecule has 0 bridgehead atoms. The summed E-state index contributed by atoms with van der Waals surface area (Å²) in [4.78, 5) is 13.5. The van der Waals surface area contributed by atoms with Crippen molar-refractivity contribution in [3.05, 3.63) is 35.4 Å². The highest BCUT2D eigenvalue weighted by molar-refractivity contribution is 5.97. The molecule has 1 aromatic rings. The van der Waals surface area contributed by atoms with E-state index in [0.29, 0.717) is 13.2 Å². The highest BCUT2D eigenvalue weighted by atomic mass is 28.2. The molecule has 0 saturated carbocycles. The first-order valence-electron chi connectivity index (χ1n) is 5.27. The third kappa shape index (κ3) is 4.53. The van der Waals surface area contributed by atoms with Gasteiger partial charge in [0.1, 0.15) is 0 Å². The summed E-state index contributed by atoms with van der Waals surface area (Å²) < 4.78 is 4.88. The van der Waals surface area contributed by atoms with Crippen LogP contribution in [0.4, 0.5) is 0 Å². The highest BCUT2D eigenvalue weighted by Gasteiger charge is 2.00. The zero-order valence-electron chi connectivity index (χ0n) is 9.11. The largest absolute Gasteiger partial charge is 0.418 e. The standard InChI is InChI=1S/C12H14NO2Si/c14-10-13-8-3-6-11-4-1-2-5-12(11)7-9-15-16/h1-2,4-5H,3,6-9H2. The second-order valence-electron chi connectivity index (χ2n) is 3.44. The molecule has 0 unspecified atom stereocenters. The van der Waals surface area contributed by atoms with Crippen molar-refractivity contribution < 1.29 is 9.22 Å². The van der Waals surface area contributed by atoms with Crippen molar-refractivity contribution in [1.29, 1.82) is 0 Å². The Bertz CT molecular complexity index is 362. The Hall–Kier alpha value is -1.22. The maximum absolute atomic E-state index is 9.91. The molecule has 1 rings (SSSR count). The van der Waals surface area contributed by atoms with Crippen LogP contribution in [0, 0.1) is 0 Å². The molecule has 0 atom stereocenters. The Morgan fingerprint density at radius 1 is 1.25 bits per heavy atom. The predicted molar refractivity (Wildman–Crippen MR) is 63.2 cm³/mol. The lowest BCUT2D eigenvalue weighted by molar-refractivity contribution is 0.354. The van der Waals surface area contributed by atoms with Crippen molar-refractivity contribution >= 4 is 16.6 Å². The first kappa shape index (κ1) is 12.8. The van der Waals surface area contributed by atoms with Crippen LogP contribution < -0.4 is 0 Å². The number of carbonyl (C=O) groups excluding carboxylic acids is 1. The van der Waals surface area contributed by atoms with E-state index in [9.17, 15) is 4.79 Å². The summed E-state index contributed by atoms with van der Waals surface area (Å²) in [6.45, 7) is 1.20. The maximum atomic E-state index is 9.91. The highest BCUT2D eigenvalue weighted by Crippen LogP contribution is 2.11. The molecule has 3 radical (unpaired) electrons. The first-order valence-corrected chi connectivity index (χ1v) is 5.68. The molecule has 83 valence electrons. The lowest BCUT2D eigenvalue weighted by atomic mass is 10.0. The van der Waals surface area contributed by atoms with Crippen molar-refractivity contribution in [1.82, 2.24) is 0 Å². The van der Waals surface area contributed by atoms with Crippen LogP contribution in [0.15, 0.2) is 29.3 Å². The van der Waals surface area contributed by atoms with Gasteiger partial charge in [-0.3, -0.25) is 0 Å².